The molecule has 0 aromatic heterocycles. The molecule has 0 fully saturated rings. The van der Waals surface area contributed by atoms with Gasteiger partial charge >= 0.3 is 0 Å². The first-order valence-corrected chi connectivity index (χ1v) is 5.80. The van der Waals surface area contributed by atoms with Crippen LogP contribution >= 0.6 is 27.5 Å². The van der Waals surface area contributed by atoms with E-state index in [1.807, 2.05) is 0 Å². The molecule has 0 aliphatic carbocycles. The molecule has 1 nitrogen and oxygen atoms in total. The Bertz CT molecular complexity index is 587. The van der Waals surface area contributed by atoms with Crippen LogP contribution in [-0.4, -0.2) is 5.11 Å². The van der Waals surface area contributed by atoms with Gasteiger partial charge in [-0.1, -0.05) is 11.6 Å². The topological polar surface area (TPSA) is 20.2 Å². The summed E-state index contributed by atoms with van der Waals surface area (Å²) in [5.41, 5.74) is -0.284. The lowest BCUT2D eigenvalue weighted by molar-refractivity contribution is 0.475. The summed E-state index contributed by atoms with van der Waals surface area (Å²) in [4.78, 5) is 0. The van der Waals surface area contributed by atoms with Gasteiger partial charge in [0.05, 0.1) is 10.0 Å². The average Bonchev–Trinajstić information content (AvgIpc) is 2.29. The summed E-state index contributed by atoms with van der Waals surface area (Å²) >= 11 is 8.71. The number of aromatic hydroxyl groups is 1. The number of phenols is 1. The highest BCUT2D eigenvalue weighted by Gasteiger charge is 2.17. The van der Waals surface area contributed by atoms with Gasteiger partial charge in [-0.2, -0.15) is 0 Å². The minimum atomic E-state index is -0.775. The van der Waals surface area contributed by atoms with Gasteiger partial charge in [-0.05, 0) is 46.3 Å². The molecule has 0 amide bonds. The molecule has 0 heterocycles. The molecule has 0 unspecified atom stereocenters. The minimum Gasteiger partial charge on any atom is -0.507 e. The van der Waals surface area contributed by atoms with Crippen LogP contribution < -0.4 is 0 Å². The van der Waals surface area contributed by atoms with Gasteiger partial charge < -0.3 is 5.11 Å². The fraction of sp³-hybridized carbons (Fsp3) is 0. The summed E-state index contributed by atoms with van der Waals surface area (Å²) in [5.74, 6) is -1.77. The van der Waals surface area contributed by atoms with Crippen LogP contribution in [0.15, 0.2) is 34.8 Å². The third kappa shape index (κ3) is 2.28. The standard InChI is InChI=1S/C12H6BrClF2O/c13-8-2-3-9(15)11(12(8)16)7-5-6(14)1-4-10(7)17/h1-5,17H. The van der Waals surface area contributed by atoms with E-state index in [0.717, 1.165) is 6.07 Å². The van der Waals surface area contributed by atoms with Crippen LogP contribution in [0.2, 0.25) is 5.02 Å². The molecule has 0 bridgehead atoms. The first-order chi connectivity index (χ1) is 8.00. The molecule has 0 aliphatic heterocycles. The van der Waals surface area contributed by atoms with E-state index in [1.54, 1.807) is 0 Å². The SMILES string of the molecule is Oc1ccc(Cl)cc1-c1c(F)ccc(Br)c1F. The molecule has 88 valence electrons. The first-order valence-electron chi connectivity index (χ1n) is 4.63. The third-order valence-electron chi connectivity index (χ3n) is 2.27. The number of phenolic OH excluding ortho intramolecular Hbond substituents is 1. The van der Waals surface area contributed by atoms with Gasteiger partial charge in [-0.25, -0.2) is 8.78 Å². The molecular weight excluding hydrogens is 313 g/mol. The van der Waals surface area contributed by atoms with Crippen LogP contribution in [0, 0.1) is 11.6 Å². The highest BCUT2D eigenvalue weighted by molar-refractivity contribution is 9.10. The molecule has 0 spiro atoms. The average molecular weight is 320 g/mol. The summed E-state index contributed by atoms with van der Waals surface area (Å²) in [6.07, 6.45) is 0. The van der Waals surface area contributed by atoms with E-state index >= 15 is 0 Å². The molecule has 5 heteroatoms. The van der Waals surface area contributed by atoms with Crippen molar-refractivity contribution < 1.29 is 13.9 Å². The molecule has 0 atom stereocenters. The molecule has 2 aromatic rings. The summed E-state index contributed by atoms with van der Waals surface area (Å²) in [6.45, 7) is 0. The van der Waals surface area contributed by atoms with E-state index in [2.05, 4.69) is 15.9 Å². The Kier molecular flexibility index (Phi) is 3.35. The largest absolute Gasteiger partial charge is 0.507 e. The normalized spacial score (nSPS) is 10.6. The van der Waals surface area contributed by atoms with E-state index in [0.29, 0.717) is 0 Å². The van der Waals surface area contributed by atoms with Crippen LogP contribution in [-0.2, 0) is 0 Å². The first kappa shape index (κ1) is 12.3. The summed E-state index contributed by atoms with van der Waals surface area (Å²) in [6, 6.07) is 6.41. The van der Waals surface area contributed by atoms with E-state index < -0.39 is 11.6 Å². The molecule has 0 radical (unpaired) electrons. The van der Waals surface area contributed by atoms with Crippen molar-refractivity contribution >= 4 is 27.5 Å². The van der Waals surface area contributed by atoms with Crippen LogP contribution in [0.5, 0.6) is 5.75 Å². The zero-order chi connectivity index (χ0) is 12.6. The lowest BCUT2D eigenvalue weighted by atomic mass is 10.0. The maximum atomic E-state index is 13.8. The van der Waals surface area contributed by atoms with Crippen LogP contribution in [0.3, 0.4) is 0 Å². The van der Waals surface area contributed by atoms with Crippen molar-refractivity contribution in [1.82, 2.24) is 0 Å². The molecule has 0 saturated carbocycles. The fourth-order valence-electron chi connectivity index (χ4n) is 1.48. The Hall–Kier alpha value is -1.13. The van der Waals surface area contributed by atoms with Crippen molar-refractivity contribution in [3.8, 4) is 16.9 Å². The van der Waals surface area contributed by atoms with Crippen LogP contribution in [0.4, 0.5) is 8.78 Å². The third-order valence-corrected chi connectivity index (χ3v) is 3.12. The Labute approximate surface area is 110 Å². The number of halogens is 4. The van der Waals surface area contributed by atoms with Gasteiger partial charge in [0.1, 0.15) is 17.4 Å². The monoisotopic (exact) mass is 318 g/mol. The summed E-state index contributed by atoms with van der Waals surface area (Å²) < 4.78 is 27.6. The van der Waals surface area contributed by atoms with Gasteiger partial charge in [-0.15, -0.1) is 0 Å². The lowest BCUT2D eigenvalue weighted by Crippen LogP contribution is -1.92. The van der Waals surface area contributed by atoms with E-state index in [-0.39, 0.29) is 26.4 Å². The zero-order valence-electron chi connectivity index (χ0n) is 8.35. The number of hydrogen-bond donors (Lipinski definition) is 1. The highest BCUT2D eigenvalue weighted by Crippen LogP contribution is 2.37. The van der Waals surface area contributed by atoms with Gasteiger partial charge in [-0.3, -0.25) is 0 Å². The van der Waals surface area contributed by atoms with Crippen LogP contribution in [0.1, 0.15) is 0 Å². The van der Waals surface area contributed by atoms with Gasteiger partial charge in [0.2, 0.25) is 0 Å². The molecule has 1 N–H and O–H groups in total. The van der Waals surface area contributed by atoms with Crippen molar-refractivity contribution in [2.45, 2.75) is 0 Å². The quantitative estimate of drug-likeness (QED) is 0.752. The predicted molar refractivity (Wildman–Crippen MR) is 66.2 cm³/mol. The van der Waals surface area contributed by atoms with Crippen molar-refractivity contribution in [1.29, 1.82) is 0 Å². The van der Waals surface area contributed by atoms with E-state index in [4.69, 9.17) is 11.6 Å². The van der Waals surface area contributed by atoms with Crippen molar-refractivity contribution in [3.05, 3.63) is 51.5 Å². The Morgan fingerprint density at radius 1 is 1.12 bits per heavy atom. The van der Waals surface area contributed by atoms with Crippen molar-refractivity contribution in [2.24, 2.45) is 0 Å². The van der Waals surface area contributed by atoms with Crippen molar-refractivity contribution in [3.63, 3.8) is 0 Å². The number of hydrogen-bond acceptors (Lipinski definition) is 1. The second-order valence-electron chi connectivity index (χ2n) is 3.38. The van der Waals surface area contributed by atoms with E-state index in [9.17, 15) is 13.9 Å². The second kappa shape index (κ2) is 4.63. The molecule has 0 aliphatic rings. The summed E-state index contributed by atoms with van der Waals surface area (Å²) in [5, 5.41) is 9.91. The fourth-order valence-corrected chi connectivity index (χ4v) is 1.98. The van der Waals surface area contributed by atoms with E-state index in [1.165, 1.54) is 24.3 Å². The van der Waals surface area contributed by atoms with Gasteiger partial charge in [0.25, 0.3) is 0 Å². The van der Waals surface area contributed by atoms with Crippen molar-refractivity contribution in [2.75, 3.05) is 0 Å². The van der Waals surface area contributed by atoms with Gasteiger partial charge in [0, 0.05) is 10.6 Å². The smallest absolute Gasteiger partial charge is 0.148 e. The van der Waals surface area contributed by atoms with Gasteiger partial charge in [0.15, 0.2) is 0 Å². The second-order valence-corrected chi connectivity index (χ2v) is 4.67. The number of rotatable bonds is 1. The Balaban J connectivity index is 2.76. The molecule has 17 heavy (non-hydrogen) atoms. The lowest BCUT2D eigenvalue weighted by Gasteiger charge is -2.09. The van der Waals surface area contributed by atoms with Crippen LogP contribution in [0.25, 0.3) is 11.1 Å². The zero-order valence-corrected chi connectivity index (χ0v) is 10.7. The Morgan fingerprint density at radius 2 is 1.82 bits per heavy atom. The maximum Gasteiger partial charge on any atom is 0.148 e. The predicted octanol–water partition coefficient (Wildman–Crippen LogP) is 4.75. The minimum absolute atomic E-state index is 0.0220. The Morgan fingerprint density at radius 3 is 2.53 bits per heavy atom. The molecule has 2 rings (SSSR count). The molecule has 2 aromatic carbocycles. The molecular formula is C12H6BrClF2O. The molecule has 0 saturated heterocycles. The summed E-state index contributed by atoms with van der Waals surface area (Å²) in [7, 11) is 0. The highest BCUT2D eigenvalue weighted by atomic mass is 79.9. The maximum absolute atomic E-state index is 13.8. The number of benzene rings is 2.